The number of carbonyl (C=O) groups excluding carboxylic acids is 2. The van der Waals surface area contributed by atoms with E-state index in [9.17, 15) is 14.7 Å². The van der Waals surface area contributed by atoms with Crippen molar-refractivity contribution in [3.8, 4) is 11.1 Å². The number of benzene rings is 2. The zero-order valence-corrected chi connectivity index (χ0v) is 17.1. The lowest BCUT2D eigenvalue weighted by Gasteiger charge is -2.21. The van der Waals surface area contributed by atoms with Crippen molar-refractivity contribution in [3.63, 3.8) is 0 Å². The Hall–Kier alpha value is -2.74. The average molecular weight is 413 g/mol. The maximum absolute atomic E-state index is 12.3. The molecule has 160 valence electrons. The summed E-state index contributed by atoms with van der Waals surface area (Å²) >= 11 is 0. The van der Waals surface area contributed by atoms with Crippen LogP contribution in [-0.4, -0.2) is 60.2 Å². The average Bonchev–Trinajstić information content (AvgIpc) is 3.04. The summed E-state index contributed by atoms with van der Waals surface area (Å²) in [4.78, 5) is 24.3. The molecule has 0 aliphatic heterocycles. The number of hydrogen-bond donors (Lipinski definition) is 3. The monoisotopic (exact) mass is 413 g/mol. The Bertz CT molecular complexity index is 859. The number of hydrogen-bond acceptors (Lipinski definition) is 6. The zero-order chi connectivity index (χ0) is 21.7. The topological polar surface area (TPSA) is 105 Å². The maximum Gasteiger partial charge on any atom is 0.407 e. The van der Waals surface area contributed by atoms with E-state index < -0.39 is 30.1 Å². The molecule has 3 rings (SSSR count). The lowest BCUT2D eigenvalue weighted by atomic mass is 9.98. The summed E-state index contributed by atoms with van der Waals surface area (Å²) in [5.41, 5.74) is 3.34. The standard InChI is InChI=1S/C23H27NO6/c1-23(2,28)14-29-13-20(21(26)11-25)24-22(27)30-12-19-17-9-5-3-7-15(17)16-8-4-6-10-18(16)19/h3-10,19-20,25,28H,11-14H2,1-2H3,(H,24,27). The third-order valence-corrected chi connectivity index (χ3v) is 4.92. The van der Waals surface area contributed by atoms with Crippen LogP contribution in [0.15, 0.2) is 48.5 Å². The molecule has 0 fully saturated rings. The van der Waals surface area contributed by atoms with Gasteiger partial charge in [-0.25, -0.2) is 4.79 Å². The Labute approximate surface area is 175 Å². The molecule has 1 amide bonds. The highest BCUT2D eigenvalue weighted by Crippen LogP contribution is 2.44. The summed E-state index contributed by atoms with van der Waals surface area (Å²) in [7, 11) is 0. The molecule has 0 heterocycles. The van der Waals surface area contributed by atoms with E-state index in [1.165, 1.54) is 0 Å². The first-order chi connectivity index (χ1) is 14.3. The number of ether oxygens (including phenoxy) is 2. The van der Waals surface area contributed by atoms with Crippen LogP contribution < -0.4 is 5.32 Å². The van der Waals surface area contributed by atoms with Crippen LogP contribution in [-0.2, 0) is 14.3 Å². The van der Waals surface area contributed by atoms with Crippen LogP contribution in [0.1, 0.15) is 30.9 Å². The van der Waals surface area contributed by atoms with Crippen molar-refractivity contribution in [2.24, 2.45) is 0 Å². The van der Waals surface area contributed by atoms with Crippen molar-refractivity contribution in [1.82, 2.24) is 5.32 Å². The van der Waals surface area contributed by atoms with E-state index in [4.69, 9.17) is 14.6 Å². The number of alkyl carbamates (subject to hydrolysis) is 1. The predicted octanol–water partition coefficient (Wildman–Crippen LogP) is 2.24. The van der Waals surface area contributed by atoms with Crippen LogP contribution in [0, 0.1) is 0 Å². The number of ketones is 1. The molecule has 0 saturated heterocycles. The van der Waals surface area contributed by atoms with Gasteiger partial charge in [-0.15, -0.1) is 0 Å². The fourth-order valence-electron chi connectivity index (χ4n) is 3.53. The van der Waals surface area contributed by atoms with Crippen LogP contribution in [0.2, 0.25) is 0 Å². The van der Waals surface area contributed by atoms with E-state index in [0.29, 0.717) is 0 Å². The number of rotatable bonds is 9. The fraction of sp³-hybridized carbons (Fsp3) is 0.391. The molecule has 0 spiro atoms. The lowest BCUT2D eigenvalue weighted by Crippen LogP contribution is -2.46. The van der Waals surface area contributed by atoms with Crippen LogP contribution in [0.4, 0.5) is 4.79 Å². The molecular formula is C23H27NO6. The summed E-state index contributed by atoms with van der Waals surface area (Å²) in [6.07, 6.45) is -0.768. The number of nitrogens with one attached hydrogen (secondary N) is 1. The van der Waals surface area contributed by atoms with Crippen molar-refractivity contribution in [2.45, 2.75) is 31.4 Å². The van der Waals surface area contributed by atoms with Crippen LogP contribution in [0.25, 0.3) is 11.1 Å². The molecule has 1 unspecified atom stereocenters. The minimum atomic E-state index is -1.07. The normalized spacial score (nSPS) is 14.0. The third kappa shape index (κ3) is 5.24. The predicted molar refractivity (Wildman–Crippen MR) is 111 cm³/mol. The van der Waals surface area contributed by atoms with Crippen molar-refractivity contribution >= 4 is 11.9 Å². The summed E-state index contributed by atoms with van der Waals surface area (Å²) < 4.78 is 10.7. The molecule has 3 N–H and O–H groups in total. The van der Waals surface area contributed by atoms with Gasteiger partial charge in [-0.1, -0.05) is 48.5 Å². The van der Waals surface area contributed by atoms with E-state index in [0.717, 1.165) is 22.3 Å². The van der Waals surface area contributed by atoms with Gasteiger partial charge < -0.3 is 25.0 Å². The summed E-state index contributed by atoms with van der Waals surface area (Å²) in [5, 5.41) is 21.3. The van der Waals surface area contributed by atoms with Gasteiger partial charge in [-0.3, -0.25) is 4.79 Å². The van der Waals surface area contributed by atoms with E-state index >= 15 is 0 Å². The molecule has 0 radical (unpaired) electrons. The Morgan fingerprint density at radius 2 is 1.63 bits per heavy atom. The molecule has 1 aliphatic rings. The van der Waals surface area contributed by atoms with E-state index in [-0.39, 0.29) is 25.7 Å². The number of carbonyl (C=O) groups is 2. The maximum atomic E-state index is 12.3. The largest absolute Gasteiger partial charge is 0.449 e. The molecule has 1 atom stereocenters. The van der Waals surface area contributed by atoms with Gasteiger partial charge in [0.1, 0.15) is 19.3 Å². The Balaban J connectivity index is 1.62. The molecule has 0 aromatic heterocycles. The van der Waals surface area contributed by atoms with Crippen LogP contribution in [0.5, 0.6) is 0 Å². The summed E-state index contributed by atoms with van der Waals surface area (Å²) in [6, 6.07) is 14.9. The van der Waals surface area contributed by atoms with Gasteiger partial charge in [-0.05, 0) is 36.1 Å². The summed E-state index contributed by atoms with van der Waals surface area (Å²) in [6.45, 7) is 2.32. The molecule has 0 bridgehead atoms. The van der Waals surface area contributed by atoms with Crippen molar-refractivity contribution in [1.29, 1.82) is 0 Å². The van der Waals surface area contributed by atoms with Crippen molar-refractivity contribution in [2.75, 3.05) is 26.4 Å². The van der Waals surface area contributed by atoms with Gasteiger partial charge in [-0.2, -0.15) is 0 Å². The second kappa shape index (κ2) is 9.38. The minimum Gasteiger partial charge on any atom is -0.449 e. The van der Waals surface area contributed by atoms with Gasteiger partial charge in [0.15, 0.2) is 5.78 Å². The Kier molecular flexibility index (Phi) is 6.87. The van der Waals surface area contributed by atoms with E-state index in [2.05, 4.69) is 5.32 Å². The molecule has 0 saturated carbocycles. The van der Waals surface area contributed by atoms with Crippen molar-refractivity contribution < 1.29 is 29.3 Å². The third-order valence-electron chi connectivity index (χ3n) is 4.92. The first-order valence-corrected chi connectivity index (χ1v) is 9.85. The Morgan fingerprint density at radius 3 is 2.17 bits per heavy atom. The molecule has 30 heavy (non-hydrogen) atoms. The molecule has 2 aromatic carbocycles. The second-order valence-corrected chi connectivity index (χ2v) is 7.97. The quantitative estimate of drug-likeness (QED) is 0.582. The SMILES string of the molecule is CC(C)(O)COCC(NC(=O)OCC1c2ccccc2-c2ccccc21)C(=O)CO. The van der Waals surface area contributed by atoms with E-state index in [1.807, 2.05) is 48.5 Å². The minimum absolute atomic E-state index is 0.0193. The molecular weight excluding hydrogens is 386 g/mol. The van der Waals surface area contributed by atoms with Crippen molar-refractivity contribution in [3.05, 3.63) is 59.7 Å². The number of aliphatic hydroxyl groups excluding tert-OH is 1. The van der Waals surface area contributed by atoms with Crippen LogP contribution in [0.3, 0.4) is 0 Å². The number of Topliss-reactive ketones (excluding diaryl/α,β-unsaturated/α-hetero) is 1. The van der Waals surface area contributed by atoms with Gasteiger partial charge in [0, 0.05) is 5.92 Å². The highest BCUT2D eigenvalue weighted by molar-refractivity contribution is 5.88. The molecule has 7 heteroatoms. The number of amides is 1. The van der Waals surface area contributed by atoms with Gasteiger partial charge in [0.25, 0.3) is 0 Å². The lowest BCUT2D eigenvalue weighted by molar-refractivity contribution is -0.126. The van der Waals surface area contributed by atoms with Gasteiger partial charge in [0.2, 0.25) is 0 Å². The second-order valence-electron chi connectivity index (χ2n) is 7.97. The highest BCUT2D eigenvalue weighted by atomic mass is 16.5. The van der Waals surface area contributed by atoms with Gasteiger partial charge in [0.05, 0.1) is 18.8 Å². The van der Waals surface area contributed by atoms with Gasteiger partial charge >= 0.3 is 6.09 Å². The number of fused-ring (bicyclic) bond motifs is 3. The fourth-order valence-corrected chi connectivity index (χ4v) is 3.53. The van der Waals surface area contributed by atoms with E-state index in [1.54, 1.807) is 13.8 Å². The molecule has 1 aliphatic carbocycles. The smallest absolute Gasteiger partial charge is 0.407 e. The number of aliphatic hydroxyl groups is 2. The first kappa shape index (κ1) is 22.0. The highest BCUT2D eigenvalue weighted by Gasteiger charge is 2.30. The zero-order valence-electron chi connectivity index (χ0n) is 17.1. The first-order valence-electron chi connectivity index (χ1n) is 9.85. The summed E-state index contributed by atoms with van der Waals surface area (Å²) in [5.74, 6) is -0.694. The molecule has 7 nitrogen and oxygen atoms in total. The molecule has 2 aromatic rings. The Morgan fingerprint density at radius 1 is 1.07 bits per heavy atom. The van der Waals surface area contributed by atoms with Crippen LogP contribution >= 0.6 is 0 Å².